The summed E-state index contributed by atoms with van der Waals surface area (Å²) in [6, 6.07) is 0. The number of hydrogen-bond acceptors (Lipinski definition) is 2. The molecule has 0 aliphatic heterocycles. The molecule has 2 nitrogen and oxygen atoms in total. The largest absolute Gasteiger partial charge is 0.388 e. The molecule has 0 aromatic rings. The number of carbonyl (C=O) groups excluding carboxylic acids is 1. The lowest BCUT2D eigenvalue weighted by molar-refractivity contribution is -0.122. The van der Waals surface area contributed by atoms with Gasteiger partial charge in [0.2, 0.25) is 0 Å². The lowest BCUT2D eigenvalue weighted by atomic mass is 9.72. The van der Waals surface area contributed by atoms with E-state index in [1.165, 1.54) is 0 Å². The maximum atomic E-state index is 11.8. The van der Waals surface area contributed by atoms with E-state index in [4.69, 9.17) is 0 Å². The van der Waals surface area contributed by atoms with Crippen LogP contribution in [0.15, 0.2) is 23.8 Å². The summed E-state index contributed by atoms with van der Waals surface area (Å²) in [6.45, 7) is 1.86. The molecule has 3 aliphatic rings. The van der Waals surface area contributed by atoms with Crippen LogP contribution in [0, 0.1) is 23.7 Å². The average Bonchev–Trinajstić information content (AvgIpc) is 2.73. The van der Waals surface area contributed by atoms with E-state index in [1.807, 2.05) is 6.92 Å². The molecule has 0 radical (unpaired) electrons. The molecule has 0 aromatic carbocycles. The summed E-state index contributed by atoms with van der Waals surface area (Å²) in [4.78, 5) is 11.8. The van der Waals surface area contributed by atoms with E-state index in [9.17, 15) is 9.90 Å². The van der Waals surface area contributed by atoms with Gasteiger partial charge in [0.25, 0.3) is 0 Å². The summed E-state index contributed by atoms with van der Waals surface area (Å²) in [5.74, 6) is 1.31. The molecule has 0 heterocycles. The van der Waals surface area contributed by atoms with Crippen LogP contribution in [-0.4, -0.2) is 17.0 Å². The van der Waals surface area contributed by atoms with Crippen LogP contribution >= 0.6 is 0 Å². The molecule has 2 bridgehead atoms. The summed E-state index contributed by atoms with van der Waals surface area (Å²) in [5, 5.41) is 10.0. The quantitative estimate of drug-likeness (QED) is 0.585. The van der Waals surface area contributed by atoms with Crippen LogP contribution in [0.25, 0.3) is 0 Å². The number of fused-ring (bicyclic) bond motifs is 5. The molecule has 0 spiro atoms. The van der Waals surface area contributed by atoms with Crippen molar-refractivity contribution in [1.29, 1.82) is 0 Å². The Kier molecular flexibility index (Phi) is 1.55. The Morgan fingerprint density at radius 1 is 1.36 bits per heavy atom. The van der Waals surface area contributed by atoms with Crippen LogP contribution < -0.4 is 0 Å². The summed E-state index contributed by atoms with van der Waals surface area (Å²) < 4.78 is 0. The van der Waals surface area contributed by atoms with Crippen LogP contribution in [0.2, 0.25) is 0 Å². The fourth-order valence-electron chi connectivity index (χ4n) is 3.40. The molecular formula is C12H14O2. The first kappa shape index (κ1) is 8.42. The highest BCUT2D eigenvalue weighted by molar-refractivity contribution is 5.94. The van der Waals surface area contributed by atoms with Crippen molar-refractivity contribution in [3.05, 3.63) is 23.8 Å². The number of rotatable bonds is 0. The van der Waals surface area contributed by atoms with Gasteiger partial charge >= 0.3 is 0 Å². The summed E-state index contributed by atoms with van der Waals surface area (Å²) in [7, 11) is 0. The van der Waals surface area contributed by atoms with Gasteiger partial charge in [0.05, 0.1) is 6.10 Å². The normalized spacial score (nSPS) is 49.4. The van der Waals surface area contributed by atoms with E-state index >= 15 is 0 Å². The van der Waals surface area contributed by atoms with E-state index in [2.05, 4.69) is 12.2 Å². The zero-order valence-corrected chi connectivity index (χ0v) is 8.18. The number of allylic oxidation sites excluding steroid dienone is 3. The number of aliphatic hydroxyl groups is 1. The van der Waals surface area contributed by atoms with Crippen LogP contribution in [-0.2, 0) is 4.79 Å². The smallest absolute Gasteiger partial charge is 0.159 e. The van der Waals surface area contributed by atoms with Gasteiger partial charge in [-0.15, -0.1) is 0 Å². The maximum absolute atomic E-state index is 11.8. The highest BCUT2D eigenvalue weighted by Gasteiger charge is 2.52. The van der Waals surface area contributed by atoms with Crippen LogP contribution in [0.1, 0.15) is 13.3 Å². The topological polar surface area (TPSA) is 37.3 Å². The summed E-state index contributed by atoms with van der Waals surface area (Å²) in [6.07, 6.45) is 6.66. The van der Waals surface area contributed by atoms with Crippen molar-refractivity contribution in [2.75, 3.05) is 0 Å². The van der Waals surface area contributed by atoms with Gasteiger partial charge in [0, 0.05) is 11.8 Å². The van der Waals surface area contributed by atoms with Gasteiger partial charge in [-0.1, -0.05) is 12.2 Å². The molecule has 14 heavy (non-hydrogen) atoms. The molecule has 2 heteroatoms. The fraction of sp³-hybridized carbons (Fsp3) is 0.583. The van der Waals surface area contributed by atoms with Crippen molar-refractivity contribution in [1.82, 2.24) is 0 Å². The lowest BCUT2D eigenvalue weighted by Crippen LogP contribution is -2.39. The highest BCUT2D eigenvalue weighted by atomic mass is 16.3. The molecule has 5 atom stereocenters. The van der Waals surface area contributed by atoms with E-state index in [0.717, 1.165) is 12.0 Å². The third-order valence-electron chi connectivity index (χ3n) is 4.05. The van der Waals surface area contributed by atoms with E-state index < -0.39 is 6.10 Å². The Balaban J connectivity index is 2.06. The second-order valence-electron chi connectivity index (χ2n) is 4.79. The Bertz CT molecular complexity index is 353. The van der Waals surface area contributed by atoms with Gasteiger partial charge in [-0.25, -0.2) is 0 Å². The molecule has 1 saturated carbocycles. The Morgan fingerprint density at radius 2 is 2.07 bits per heavy atom. The van der Waals surface area contributed by atoms with Gasteiger partial charge in [-0.3, -0.25) is 4.79 Å². The zero-order valence-electron chi connectivity index (χ0n) is 8.18. The van der Waals surface area contributed by atoms with Gasteiger partial charge in [-0.05, 0) is 36.8 Å². The van der Waals surface area contributed by atoms with Crippen molar-refractivity contribution in [2.45, 2.75) is 19.4 Å². The molecule has 0 unspecified atom stereocenters. The number of aliphatic hydroxyl groups excluding tert-OH is 1. The second kappa shape index (κ2) is 2.57. The molecule has 0 amide bonds. The van der Waals surface area contributed by atoms with Crippen molar-refractivity contribution in [2.24, 2.45) is 23.7 Å². The fourth-order valence-corrected chi connectivity index (χ4v) is 3.40. The van der Waals surface area contributed by atoms with Gasteiger partial charge in [0.1, 0.15) is 0 Å². The summed E-state index contributed by atoms with van der Waals surface area (Å²) >= 11 is 0. The molecular weight excluding hydrogens is 176 g/mol. The lowest BCUT2D eigenvalue weighted by Gasteiger charge is -2.34. The van der Waals surface area contributed by atoms with Crippen molar-refractivity contribution in [3.8, 4) is 0 Å². The first-order valence-corrected chi connectivity index (χ1v) is 5.27. The summed E-state index contributed by atoms with van der Waals surface area (Å²) in [5.41, 5.74) is 0.845. The Hall–Kier alpha value is -0.890. The van der Waals surface area contributed by atoms with E-state index in [0.29, 0.717) is 11.8 Å². The molecule has 1 N–H and O–H groups in total. The minimum atomic E-state index is -0.391. The monoisotopic (exact) mass is 190 g/mol. The number of hydrogen-bond donors (Lipinski definition) is 1. The molecule has 0 saturated heterocycles. The van der Waals surface area contributed by atoms with Crippen molar-refractivity contribution >= 4 is 5.78 Å². The standard InChI is InChI=1S/C12H14O2/c1-6-4-9(13)10-7-2-3-8(5-7)11(10)12(6)14/h2-4,7-8,10-12,14H,5H2,1H3/t7-,8+,10+,11+,12-/m1/s1. The zero-order chi connectivity index (χ0) is 9.87. The predicted octanol–water partition coefficient (Wildman–Crippen LogP) is 1.31. The number of ketones is 1. The number of carbonyl (C=O) groups is 1. The molecule has 74 valence electrons. The predicted molar refractivity (Wildman–Crippen MR) is 52.5 cm³/mol. The van der Waals surface area contributed by atoms with Gasteiger partial charge in [-0.2, -0.15) is 0 Å². The van der Waals surface area contributed by atoms with E-state index in [-0.39, 0.29) is 17.6 Å². The first-order chi connectivity index (χ1) is 6.68. The SMILES string of the molecule is CC1=CC(=O)[C@H]2[C@@H]([C@@H]1O)[C@H]1C=C[C@@H]2C1. The minimum Gasteiger partial charge on any atom is -0.388 e. The van der Waals surface area contributed by atoms with Crippen molar-refractivity contribution < 1.29 is 9.90 Å². The van der Waals surface area contributed by atoms with Gasteiger partial charge < -0.3 is 5.11 Å². The maximum Gasteiger partial charge on any atom is 0.159 e. The average molecular weight is 190 g/mol. The van der Waals surface area contributed by atoms with Crippen LogP contribution in [0.5, 0.6) is 0 Å². The Morgan fingerprint density at radius 3 is 2.86 bits per heavy atom. The van der Waals surface area contributed by atoms with Crippen LogP contribution in [0.3, 0.4) is 0 Å². The second-order valence-corrected chi connectivity index (χ2v) is 4.79. The molecule has 3 aliphatic carbocycles. The highest BCUT2D eigenvalue weighted by Crippen LogP contribution is 2.52. The third kappa shape index (κ3) is 0.871. The van der Waals surface area contributed by atoms with Gasteiger partial charge in [0.15, 0.2) is 5.78 Å². The van der Waals surface area contributed by atoms with Crippen LogP contribution in [0.4, 0.5) is 0 Å². The first-order valence-electron chi connectivity index (χ1n) is 5.27. The van der Waals surface area contributed by atoms with Crippen molar-refractivity contribution in [3.63, 3.8) is 0 Å². The van der Waals surface area contributed by atoms with E-state index in [1.54, 1.807) is 6.08 Å². The minimum absolute atomic E-state index is 0.0729. The molecule has 0 aromatic heterocycles. The molecule has 3 rings (SSSR count). The third-order valence-corrected chi connectivity index (χ3v) is 4.05. The molecule has 1 fully saturated rings. The Labute approximate surface area is 83.3 Å².